The van der Waals surface area contributed by atoms with Crippen LogP contribution in [0.1, 0.15) is 33.5 Å². The zero-order chi connectivity index (χ0) is 11.7. The number of hydrogen-bond donors (Lipinski definition) is 0. The van der Waals surface area contributed by atoms with Gasteiger partial charge in [-0.25, -0.2) is 0 Å². The van der Waals surface area contributed by atoms with Gasteiger partial charge >= 0.3 is 0 Å². The highest BCUT2D eigenvalue weighted by molar-refractivity contribution is 6.10. The molecule has 0 fully saturated rings. The van der Waals surface area contributed by atoms with E-state index in [9.17, 15) is 4.79 Å². The van der Waals surface area contributed by atoms with Crippen LogP contribution in [0.4, 0.5) is 0 Å². The van der Waals surface area contributed by atoms with Crippen molar-refractivity contribution in [1.29, 1.82) is 0 Å². The number of carbonyl (C=O) groups is 1. The standard InChI is InChI=1S/C16H14O/c17-16-14-10-3-1-6-12(14)8-5-9-13-7-2-4-11-15(13)16/h1-4,6-7,10-11H,5,8-9H2. The quantitative estimate of drug-likeness (QED) is 0.667. The average Bonchev–Trinajstić information content (AvgIpc) is 2.37. The highest BCUT2D eigenvalue weighted by Gasteiger charge is 2.18. The summed E-state index contributed by atoms with van der Waals surface area (Å²) in [4.78, 5) is 12.5. The lowest BCUT2D eigenvalue weighted by atomic mass is 9.88. The first kappa shape index (κ1) is 10.3. The van der Waals surface area contributed by atoms with Gasteiger partial charge in [0.1, 0.15) is 0 Å². The van der Waals surface area contributed by atoms with Gasteiger partial charge in [0.2, 0.25) is 0 Å². The summed E-state index contributed by atoms with van der Waals surface area (Å²) in [6.45, 7) is 0. The summed E-state index contributed by atoms with van der Waals surface area (Å²) in [5.41, 5.74) is 4.12. The van der Waals surface area contributed by atoms with E-state index in [0.717, 1.165) is 30.4 Å². The van der Waals surface area contributed by atoms with E-state index in [1.54, 1.807) is 0 Å². The predicted molar refractivity (Wildman–Crippen MR) is 68.3 cm³/mol. The molecule has 0 aromatic heterocycles. The van der Waals surface area contributed by atoms with Crippen molar-refractivity contribution >= 4 is 5.78 Å². The minimum atomic E-state index is 0.177. The van der Waals surface area contributed by atoms with Crippen LogP contribution in [0, 0.1) is 0 Å². The molecule has 0 unspecified atom stereocenters. The van der Waals surface area contributed by atoms with Gasteiger partial charge in [-0.3, -0.25) is 4.79 Å². The largest absolute Gasteiger partial charge is 0.289 e. The molecule has 0 radical (unpaired) electrons. The molecule has 17 heavy (non-hydrogen) atoms. The van der Waals surface area contributed by atoms with Crippen LogP contribution in [-0.2, 0) is 12.8 Å². The maximum absolute atomic E-state index is 12.5. The van der Waals surface area contributed by atoms with E-state index in [0.29, 0.717) is 0 Å². The van der Waals surface area contributed by atoms with E-state index >= 15 is 0 Å². The molecule has 0 aliphatic heterocycles. The molecule has 1 aliphatic carbocycles. The second-order valence-electron chi connectivity index (χ2n) is 4.50. The summed E-state index contributed by atoms with van der Waals surface area (Å²) in [5.74, 6) is 0.177. The average molecular weight is 222 g/mol. The van der Waals surface area contributed by atoms with Crippen LogP contribution in [-0.4, -0.2) is 5.78 Å². The number of ketones is 1. The number of fused-ring (bicyclic) bond motifs is 2. The maximum Gasteiger partial charge on any atom is 0.193 e. The Morgan fingerprint density at radius 3 is 1.71 bits per heavy atom. The van der Waals surface area contributed by atoms with Crippen LogP contribution in [0.3, 0.4) is 0 Å². The fourth-order valence-electron chi connectivity index (χ4n) is 2.53. The van der Waals surface area contributed by atoms with Gasteiger partial charge in [0.15, 0.2) is 5.78 Å². The van der Waals surface area contributed by atoms with Gasteiger partial charge in [-0.05, 0) is 30.4 Å². The molecule has 1 aliphatic rings. The minimum Gasteiger partial charge on any atom is -0.289 e. The van der Waals surface area contributed by atoms with Crippen molar-refractivity contribution in [2.75, 3.05) is 0 Å². The second-order valence-corrected chi connectivity index (χ2v) is 4.50. The zero-order valence-corrected chi connectivity index (χ0v) is 9.65. The molecule has 2 aromatic carbocycles. The minimum absolute atomic E-state index is 0.177. The third-order valence-electron chi connectivity index (χ3n) is 3.42. The lowest BCUT2D eigenvalue weighted by molar-refractivity contribution is 0.103. The first-order valence-corrected chi connectivity index (χ1v) is 6.07. The molecular weight excluding hydrogens is 208 g/mol. The molecule has 0 bridgehead atoms. The SMILES string of the molecule is O=C1c2ccccc2CCCc2ccccc21. The fourth-order valence-corrected chi connectivity index (χ4v) is 2.53. The Kier molecular flexibility index (Phi) is 2.52. The monoisotopic (exact) mass is 222 g/mol. The highest BCUT2D eigenvalue weighted by Crippen LogP contribution is 2.23. The van der Waals surface area contributed by atoms with Gasteiger partial charge in [-0.2, -0.15) is 0 Å². The first-order valence-electron chi connectivity index (χ1n) is 6.07. The van der Waals surface area contributed by atoms with Crippen molar-refractivity contribution in [3.63, 3.8) is 0 Å². The summed E-state index contributed by atoms with van der Waals surface area (Å²) >= 11 is 0. The maximum atomic E-state index is 12.5. The summed E-state index contributed by atoms with van der Waals surface area (Å²) in [7, 11) is 0. The summed E-state index contributed by atoms with van der Waals surface area (Å²) < 4.78 is 0. The summed E-state index contributed by atoms with van der Waals surface area (Å²) in [5, 5.41) is 0. The molecular formula is C16H14O. The number of aryl methyl sites for hydroxylation is 2. The van der Waals surface area contributed by atoms with Crippen molar-refractivity contribution in [1.82, 2.24) is 0 Å². The van der Waals surface area contributed by atoms with E-state index < -0.39 is 0 Å². The summed E-state index contributed by atoms with van der Waals surface area (Å²) in [6, 6.07) is 15.9. The Balaban J connectivity index is 2.18. The van der Waals surface area contributed by atoms with E-state index in [2.05, 4.69) is 12.1 Å². The van der Waals surface area contributed by atoms with Gasteiger partial charge < -0.3 is 0 Å². The van der Waals surface area contributed by atoms with Gasteiger partial charge in [-0.15, -0.1) is 0 Å². The molecule has 84 valence electrons. The van der Waals surface area contributed by atoms with E-state index in [1.165, 1.54) is 11.1 Å². The van der Waals surface area contributed by atoms with Crippen LogP contribution < -0.4 is 0 Å². The number of hydrogen-bond acceptors (Lipinski definition) is 1. The van der Waals surface area contributed by atoms with E-state index in [1.807, 2.05) is 36.4 Å². The molecule has 3 rings (SSSR count). The molecule has 0 saturated carbocycles. The van der Waals surface area contributed by atoms with Crippen molar-refractivity contribution < 1.29 is 4.79 Å². The predicted octanol–water partition coefficient (Wildman–Crippen LogP) is 3.41. The Hall–Kier alpha value is -1.89. The lowest BCUT2D eigenvalue weighted by Crippen LogP contribution is -2.11. The van der Waals surface area contributed by atoms with Crippen LogP contribution in [0.2, 0.25) is 0 Å². The van der Waals surface area contributed by atoms with Crippen LogP contribution in [0.15, 0.2) is 48.5 Å². The zero-order valence-electron chi connectivity index (χ0n) is 9.65. The molecule has 2 aromatic rings. The normalized spacial score (nSPS) is 14.5. The molecule has 0 amide bonds. The lowest BCUT2D eigenvalue weighted by Gasteiger charge is -2.15. The fraction of sp³-hybridized carbons (Fsp3) is 0.188. The van der Waals surface area contributed by atoms with Crippen LogP contribution in [0.5, 0.6) is 0 Å². The Labute approximate surface area is 101 Å². The Bertz CT molecular complexity index is 520. The Morgan fingerprint density at radius 2 is 1.18 bits per heavy atom. The second kappa shape index (κ2) is 4.17. The molecule has 1 heteroatoms. The van der Waals surface area contributed by atoms with Crippen molar-refractivity contribution in [3.8, 4) is 0 Å². The highest BCUT2D eigenvalue weighted by atomic mass is 16.1. The Morgan fingerprint density at radius 1 is 0.706 bits per heavy atom. The molecule has 1 nitrogen and oxygen atoms in total. The third kappa shape index (κ3) is 1.78. The number of rotatable bonds is 0. The van der Waals surface area contributed by atoms with Gasteiger partial charge in [0.05, 0.1) is 0 Å². The molecule has 0 spiro atoms. The van der Waals surface area contributed by atoms with Gasteiger partial charge in [-0.1, -0.05) is 48.5 Å². The summed E-state index contributed by atoms with van der Waals surface area (Å²) in [6.07, 6.45) is 3.10. The van der Waals surface area contributed by atoms with Crippen molar-refractivity contribution in [2.45, 2.75) is 19.3 Å². The number of benzene rings is 2. The van der Waals surface area contributed by atoms with Crippen LogP contribution in [0.25, 0.3) is 0 Å². The topological polar surface area (TPSA) is 17.1 Å². The van der Waals surface area contributed by atoms with Crippen molar-refractivity contribution in [3.05, 3.63) is 70.8 Å². The van der Waals surface area contributed by atoms with Gasteiger partial charge in [0, 0.05) is 11.1 Å². The third-order valence-corrected chi connectivity index (χ3v) is 3.42. The molecule has 0 saturated heterocycles. The van der Waals surface area contributed by atoms with Crippen LogP contribution >= 0.6 is 0 Å². The van der Waals surface area contributed by atoms with Gasteiger partial charge in [0.25, 0.3) is 0 Å². The molecule has 0 N–H and O–H groups in total. The first-order chi connectivity index (χ1) is 8.36. The van der Waals surface area contributed by atoms with E-state index in [4.69, 9.17) is 0 Å². The molecule has 0 heterocycles. The number of carbonyl (C=O) groups excluding carboxylic acids is 1. The van der Waals surface area contributed by atoms with E-state index in [-0.39, 0.29) is 5.78 Å². The molecule has 0 atom stereocenters. The van der Waals surface area contributed by atoms with Crippen molar-refractivity contribution in [2.24, 2.45) is 0 Å². The smallest absolute Gasteiger partial charge is 0.193 e.